The van der Waals surface area contributed by atoms with Crippen LogP contribution in [0.3, 0.4) is 0 Å². The fraction of sp³-hybridized carbons (Fsp3) is 0.636. The highest BCUT2D eigenvalue weighted by atomic mass is 14.9. The van der Waals surface area contributed by atoms with Gasteiger partial charge in [0.1, 0.15) is 0 Å². The van der Waals surface area contributed by atoms with Crippen LogP contribution in [0.15, 0.2) is 24.1 Å². The predicted octanol–water partition coefficient (Wildman–Crippen LogP) is 2.51. The minimum absolute atomic E-state index is 0.625. The zero-order chi connectivity index (χ0) is 10.1. The Bertz CT molecular complexity index is 133. The van der Waals surface area contributed by atoms with E-state index in [2.05, 4.69) is 57.1 Å². The lowest BCUT2D eigenvalue weighted by atomic mass is 9.76. The second kappa shape index (κ2) is 8.12. The van der Waals surface area contributed by atoms with E-state index < -0.39 is 0 Å². The van der Waals surface area contributed by atoms with Crippen LogP contribution >= 0.6 is 0 Å². The van der Waals surface area contributed by atoms with E-state index >= 15 is 0 Å². The van der Waals surface area contributed by atoms with Crippen molar-refractivity contribution in [1.82, 2.24) is 5.32 Å². The van der Waals surface area contributed by atoms with Gasteiger partial charge in [0.2, 0.25) is 0 Å². The molecule has 0 bridgehead atoms. The van der Waals surface area contributed by atoms with Crippen molar-refractivity contribution in [1.29, 1.82) is 0 Å². The average Bonchev–Trinajstić information content (AvgIpc) is 2.06. The molecule has 73 valence electrons. The minimum atomic E-state index is 0.625. The maximum Gasteiger partial charge on any atom is 0.170 e. The van der Waals surface area contributed by atoms with E-state index in [9.17, 15) is 0 Å². The molecule has 1 radical (unpaired) electrons. The average molecular weight is 178 g/mol. The van der Waals surface area contributed by atoms with Gasteiger partial charge in [-0.25, -0.2) is 0 Å². The van der Waals surface area contributed by atoms with Crippen LogP contribution in [0.4, 0.5) is 0 Å². The largest absolute Gasteiger partial charge is 0.312 e. The second-order valence-corrected chi connectivity index (χ2v) is 3.76. The van der Waals surface area contributed by atoms with Crippen molar-refractivity contribution < 1.29 is 0 Å². The predicted molar refractivity (Wildman–Crippen MR) is 62.1 cm³/mol. The molecule has 0 aromatic rings. The summed E-state index contributed by atoms with van der Waals surface area (Å²) in [4.78, 5) is 0. The standard InChI is InChI=1S/C6H15N.C5H6B/c1-5(2)7-6(3)4;1-2-4-6-5-3-1/h5-7H,1-4H3;2-5H,1H2. The summed E-state index contributed by atoms with van der Waals surface area (Å²) in [5.41, 5.74) is 0. The zero-order valence-electron chi connectivity index (χ0n) is 9.25. The quantitative estimate of drug-likeness (QED) is 0.640. The molecular weight excluding hydrogens is 157 g/mol. The van der Waals surface area contributed by atoms with Gasteiger partial charge in [-0.05, 0) is 6.42 Å². The van der Waals surface area contributed by atoms with Gasteiger partial charge < -0.3 is 5.32 Å². The Morgan fingerprint density at radius 2 is 1.46 bits per heavy atom. The van der Waals surface area contributed by atoms with Crippen LogP contribution in [0.1, 0.15) is 34.1 Å². The molecule has 0 atom stereocenters. The molecule has 0 fully saturated rings. The number of nitrogens with one attached hydrogen (secondary N) is 1. The van der Waals surface area contributed by atoms with Gasteiger partial charge in [-0.3, -0.25) is 0 Å². The van der Waals surface area contributed by atoms with Crippen molar-refractivity contribution in [2.75, 3.05) is 0 Å². The van der Waals surface area contributed by atoms with Crippen molar-refractivity contribution in [2.45, 2.75) is 46.2 Å². The molecule has 1 heterocycles. The Kier molecular flexibility index (Phi) is 7.81. The van der Waals surface area contributed by atoms with Crippen LogP contribution in [0, 0.1) is 0 Å². The zero-order valence-corrected chi connectivity index (χ0v) is 9.25. The third-order valence-corrected chi connectivity index (χ3v) is 1.43. The third-order valence-electron chi connectivity index (χ3n) is 1.43. The van der Waals surface area contributed by atoms with Gasteiger partial charge in [0.25, 0.3) is 0 Å². The topological polar surface area (TPSA) is 12.0 Å². The van der Waals surface area contributed by atoms with E-state index in [0.717, 1.165) is 6.42 Å². The molecule has 0 amide bonds. The maximum atomic E-state index is 3.31. The molecule has 13 heavy (non-hydrogen) atoms. The summed E-state index contributed by atoms with van der Waals surface area (Å²) in [5, 5.41) is 3.31. The Labute approximate surface area is 83.5 Å². The number of hydrogen-bond donors (Lipinski definition) is 1. The van der Waals surface area contributed by atoms with Crippen molar-refractivity contribution in [3.63, 3.8) is 0 Å². The van der Waals surface area contributed by atoms with E-state index in [1.54, 1.807) is 0 Å². The SMILES string of the molecule is CC(C)NC(C)C.[B]1C=CCC=C1. The molecule has 0 saturated carbocycles. The van der Waals surface area contributed by atoms with Crippen molar-refractivity contribution in [3.05, 3.63) is 24.1 Å². The Morgan fingerprint density at radius 1 is 1.00 bits per heavy atom. The molecule has 1 aliphatic rings. The number of rotatable bonds is 2. The molecule has 0 spiro atoms. The van der Waals surface area contributed by atoms with Gasteiger partial charge in [-0.2, -0.15) is 0 Å². The summed E-state index contributed by atoms with van der Waals surface area (Å²) in [6.45, 7) is 8.61. The fourth-order valence-corrected chi connectivity index (χ4v) is 1.12. The second-order valence-electron chi connectivity index (χ2n) is 3.76. The van der Waals surface area contributed by atoms with Gasteiger partial charge in [-0.15, -0.1) is 12.0 Å². The highest BCUT2D eigenvalue weighted by Crippen LogP contribution is 1.89. The van der Waals surface area contributed by atoms with Gasteiger partial charge in [0, 0.05) is 12.1 Å². The summed E-state index contributed by atoms with van der Waals surface area (Å²) < 4.78 is 0. The summed E-state index contributed by atoms with van der Waals surface area (Å²) in [7, 11) is 2.03. The normalized spacial score (nSPS) is 14.0. The van der Waals surface area contributed by atoms with E-state index in [0.29, 0.717) is 12.1 Å². The molecule has 2 heteroatoms. The lowest BCUT2D eigenvalue weighted by Gasteiger charge is -2.10. The first-order valence-corrected chi connectivity index (χ1v) is 5.04. The van der Waals surface area contributed by atoms with Gasteiger partial charge in [-0.1, -0.05) is 39.8 Å². The number of allylic oxidation sites excluding steroid dienone is 2. The minimum Gasteiger partial charge on any atom is -0.312 e. The third kappa shape index (κ3) is 11.5. The van der Waals surface area contributed by atoms with Crippen LogP contribution in [-0.4, -0.2) is 19.4 Å². The first-order chi connectivity index (χ1) is 6.13. The molecule has 1 aliphatic heterocycles. The summed E-state index contributed by atoms with van der Waals surface area (Å²) in [5.74, 6) is 4.11. The Balaban J connectivity index is 0.000000223. The van der Waals surface area contributed by atoms with Crippen molar-refractivity contribution in [3.8, 4) is 0 Å². The summed E-state index contributed by atoms with van der Waals surface area (Å²) in [6.07, 6.45) is 5.36. The van der Waals surface area contributed by atoms with Crippen LogP contribution < -0.4 is 5.32 Å². The molecule has 1 nitrogen and oxygen atoms in total. The lowest BCUT2D eigenvalue weighted by molar-refractivity contribution is 0.518. The molecular formula is C11H21BN. The lowest BCUT2D eigenvalue weighted by Crippen LogP contribution is -2.29. The fourth-order valence-electron chi connectivity index (χ4n) is 1.12. The van der Waals surface area contributed by atoms with E-state index in [-0.39, 0.29) is 0 Å². The van der Waals surface area contributed by atoms with Crippen LogP contribution in [0.2, 0.25) is 0 Å². The maximum absolute atomic E-state index is 3.31. The molecule has 0 aromatic heterocycles. The summed E-state index contributed by atoms with van der Waals surface area (Å²) in [6, 6.07) is 1.25. The van der Waals surface area contributed by atoms with Crippen molar-refractivity contribution >= 4 is 7.28 Å². The van der Waals surface area contributed by atoms with Gasteiger partial charge >= 0.3 is 0 Å². The highest BCUT2D eigenvalue weighted by Gasteiger charge is 1.92. The van der Waals surface area contributed by atoms with Crippen LogP contribution in [-0.2, 0) is 0 Å². The van der Waals surface area contributed by atoms with Crippen LogP contribution in [0.5, 0.6) is 0 Å². The van der Waals surface area contributed by atoms with E-state index in [1.807, 2.05) is 7.28 Å². The Hall–Kier alpha value is -0.495. The molecule has 0 aromatic carbocycles. The molecule has 1 rings (SSSR count). The monoisotopic (exact) mass is 178 g/mol. The number of hydrogen-bond acceptors (Lipinski definition) is 1. The van der Waals surface area contributed by atoms with E-state index in [4.69, 9.17) is 0 Å². The molecule has 0 unspecified atom stereocenters. The van der Waals surface area contributed by atoms with Crippen LogP contribution in [0.25, 0.3) is 0 Å². The Morgan fingerprint density at radius 3 is 1.54 bits per heavy atom. The molecule has 1 N–H and O–H groups in total. The molecule has 0 aliphatic carbocycles. The first kappa shape index (κ1) is 12.5. The van der Waals surface area contributed by atoms with Crippen molar-refractivity contribution in [2.24, 2.45) is 0 Å². The smallest absolute Gasteiger partial charge is 0.170 e. The molecule has 0 saturated heterocycles. The first-order valence-electron chi connectivity index (χ1n) is 5.04. The van der Waals surface area contributed by atoms with E-state index in [1.165, 1.54) is 0 Å². The van der Waals surface area contributed by atoms with Gasteiger partial charge in [0.15, 0.2) is 7.28 Å². The summed E-state index contributed by atoms with van der Waals surface area (Å²) >= 11 is 0. The highest BCUT2D eigenvalue weighted by molar-refractivity contribution is 6.48. The van der Waals surface area contributed by atoms with Gasteiger partial charge in [0.05, 0.1) is 0 Å².